The predicted octanol–water partition coefficient (Wildman–Crippen LogP) is 3.94. The highest BCUT2D eigenvalue weighted by Gasteiger charge is 2.29. The van der Waals surface area contributed by atoms with Crippen LogP contribution in [0.2, 0.25) is 0 Å². The largest absolute Gasteiger partial charge is 0.339 e. The number of Topliss-reactive ketones (excluding diaryl/α,β-unsaturated/α-hetero) is 1. The van der Waals surface area contributed by atoms with Crippen LogP contribution < -0.4 is 4.90 Å². The van der Waals surface area contributed by atoms with Gasteiger partial charge in [0.1, 0.15) is 5.70 Å². The molecule has 2 aromatic rings. The average molecular weight is 263 g/mol. The topological polar surface area (TPSA) is 45.0 Å². The highest BCUT2D eigenvalue weighted by atomic mass is 16.1. The van der Waals surface area contributed by atoms with Gasteiger partial charge in [0.25, 0.3) is 0 Å². The van der Waals surface area contributed by atoms with Gasteiger partial charge in [-0.2, -0.15) is 10.2 Å². The Kier molecular flexibility index (Phi) is 3.13. The summed E-state index contributed by atoms with van der Waals surface area (Å²) in [5.41, 5.74) is 2.90. The summed E-state index contributed by atoms with van der Waals surface area (Å²) in [6, 6.07) is 16.9. The maximum Gasteiger partial charge on any atom is 0.213 e. The molecule has 1 heterocycles. The Hall–Kier alpha value is -2.75. The number of rotatable bonds is 2. The third-order valence-electron chi connectivity index (χ3n) is 3.21. The van der Waals surface area contributed by atoms with Crippen LogP contribution in [0.15, 0.2) is 76.7 Å². The van der Waals surface area contributed by atoms with Crippen LogP contribution >= 0.6 is 0 Å². The minimum Gasteiger partial charge on any atom is -0.339 e. The number of ketones is 1. The molecule has 0 radical (unpaired) electrons. The molecular formula is C16H13N3O. The summed E-state index contributed by atoms with van der Waals surface area (Å²) in [5, 5.41) is 8.08. The predicted molar refractivity (Wildman–Crippen MR) is 78.2 cm³/mol. The second-order valence-corrected chi connectivity index (χ2v) is 4.47. The van der Waals surface area contributed by atoms with Gasteiger partial charge >= 0.3 is 0 Å². The number of carbonyl (C=O) groups is 1. The first-order valence-corrected chi connectivity index (χ1v) is 6.31. The van der Waals surface area contributed by atoms with Gasteiger partial charge in [0, 0.05) is 12.6 Å². The van der Waals surface area contributed by atoms with Crippen molar-refractivity contribution >= 4 is 17.2 Å². The molecule has 0 unspecified atom stereocenters. The number of para-hydroxylation sites is 1. The summed E-state index contributed by atoms with van der Waals surface area (Å²) in [6.07, 6.45) is 1.51. The third-order valence-corrected chi connectivity index (χ3v) is 3.21. The summed E-state index contributed by atoms with van der Waals surface area (Å²) in [4.78, 5) is 14.1. The molecule has 4 heteroatoms. The van der Waals surface area contributed by atoms with Crippen LogP contribution in [0.4, 0.5) is 11.4 Å². The van der Waals surface area contributed by atoms with E-state index in [1.807, 2.05) is 66.5 Å². The molecule has 0 saturated carbocycles. The Bertz CT molecular complexity index is 705. The second kappa shape index (κ2) is 5.09. The zero-order chi connectivity index (χ0) is 13.9. The number of anilines is 1. The Morgan fingerprint density at radius 3 is 2.45 bits per heavy atom. The van der Waals surface area contributed by atoms with Gasteiger partial charge in [0.05, 0.1) is 17.6 Å². The molecule has 0 aromatic heterocycles. The summed E-state index contributed by atoms with van der Waals surface area (Å²) < 4.78 is 0. The highest BCUT2D eigenvalue weighted by molar-refractivity contribution is 6.18. The van der Waals surface area contributed by atoms with E-state index in [2.05, 4.69) is 10.2 Å². The van der Waals surface area contributed by atoms with Crippen molar-refractivity contribution in [3.05, 3.63) is 72.1 Å². The Morgan fingerprint density at radius 2 is 1.70 bits per heavy atom. The molecule has 0 saturated heterocycles. The van der Waals surface area contributed by atoms with Crippen LogP contribution in [-0.4, -0.2) is 12.8 Å². The third kappa shape index (κ3) is 2.12. The standard InChI is InChI=1S/C16H13N3O/c1-19-14-10-6-5-9-13(14)16(20)15(19)11-17-18-12-7-3-2-4-8-12/h2-11H,1H3/b15-11+,18-17?. The number of fused-ring (bicyclic) bond motifs is 1. The van der Waals surface area contributed by atoms with E-state index >= 15 is 0 Å². The van der Waals surface area contributed by atoms with E-state index in [4.69, 9.17) is 0 Å². The molecule has 0 bridgehead atoms. The van der Waals surface area contributed by atoms with Gasteiger partial charge in [0.15, 0.2) is 0 Å². The molecule has 4 nitrogen and oxygen atoms in total. The maximum atomic E-state index is 12.2. The summed E-state index contributed by atoms with van der Waals surface area (Å²) in [7, 11) is 1.85. The van der Waals surface area contributed by atoms with Crippen molar-refractivity contribution in [2.75, 3.05) is 11.9 Å². The molecule has 98 valence electrons. The molecule has 0 fully saturated rings. The van der Waals surface area contributed by atoms with Crippen LogP contribution in [0.3, 0.4) is 0 Å². The smallest absolute Gasteiger partial charge is 0.213 e. The van der Waals surface area contributed by atoms with E-state index in [0.29, 0.717) is 11.3 Å². The molecular weight excluding hydrogens is 250 g/mol. The fourth-order valence-corrected chi connectivity index (χ4v) is 2.17. The first kappa shape index (κ1) is 12.3. The molecule has 2 aromatic carbocycles. The zero-order valence-corrected chi connectivity index (χ0v) is 11.0. The Balaban J connectivity index is 1.87. The lowest BCUT2D eigenvalue weighted by molar-refractivity contribution is 0.103. The lowest BCUT2D eigenvalue weighted by atomic mass is 10.1. The van der Waals surface area contributed by atoms with E-state index in [1.54, 1.807) is 0 Å². The minimum atomic E-state index is -0.0184. The highest BCUT2D eigenvalue weighted by Crippen LogP contribution is 2.32. The number of carbonyl (C=O) groups excluding carboxylic acids is 1. The summed E-state index contributed by atoms with van der Waals surface area (Å²) in [6.45, 7) is 0. The molecule has 0 N–H and O–H groups in total. The maximum absolute atomic E-state index is 12.2. The van der Waals surface area contributed by atoms with Gasteiger partial charge in [-0.1, -0.05) is 30.3 Å². The van der Waals surface area contributed by atoms with Crippen molar-refractivity contribution in [3.8, 4) is 0 Å². The van der Waals surface area contributed by atoms with Crippen LogP contribution in [0.25, 0.3) is 0 Å². The van der Waals surface area contributed by atoms with Crippen LogP contribution in [0.1, 0.15) is 10.4 Å². The van der Waals surface area contributed by atoms with Gasteiger partial charge in [-0.05, 0) is 24.3 Å². The van der Waals surface area contributed by atoms with E-state index < -0.39 is 0 Å². The number of nitrogens with zero attached hydrogens (tertiary/aromatic N) is 3. The number of hydrogen-bond acceptors (Lipinski definition) is 4. The molecule has 0 spiro atoms. The Morgan fingerprint density at radius 1 is 1.00 bits per heavy atom. The molecule has 0 amide bonds. The number of azo groups is 1. The second-order valence-electron chi connectivity index (χ2n) is 4.47. The van der Waals surface area contributed by atoms with Crippen molar-refractivity contribution < 1.29 is 4.79 Å². The summed E-state index contributed by atoms with van der Waals surface area (Å²) >= 11 is 0. The van der Waals surface area contributed by atoms with Crippen molar-refractivity contribution in [1.29, 1.82) is 0 Å². The minimum absolute atomic E-state index is 0.0184. The van der Waals surface area contributed by atoms with Crippen LogP contribution in [-0.2, 0) is 0 Å². The zero-order valence-electron chi connectivity index (χ0n) is 11.0. The monoisotopic (exact) mass is 263 g/mol. The number of benzene rings is 2. The first-order valence-electron chi connectivity index (χ1n) is 6.31. The number of hydrogen-bond donors (Lipinski definition) is 0. The molecule has 0 atom stereocenters. The van der Waals surface area contributed by atoms with Crippen LogP contribution in [0, 0.1) is 0 Å². The van der Waals surface area contributed by atoms with Crippen molar-refractivity contribution in [2.45, 2.75) is 0 Å². The molecule has 0 aliphatic carbocycles. The van der Waals surface area contributed by atoms with E-state index in [1.165, 1.54) is 6.20 Å². The number of allylic oxidation sites excluding steroid dienone is 1. The van der Waals surface area contributed by atoms with Gasteiger partial charge in [-0.25, -0.2) is 0 Å². The Labute approximate surface area is 117 Å². The molecule has 3 rings (SSSR count). The SMILES string of the molecule is CN1/C(=C/N=Nc2ccccc2)C(=O)c2ccccc21. The van der Waals surface area contributed by atoms with Crippen molar-refractivity contribution in [2.24, 2.45) is 10.2 Å². The fourth-order valence-electron chi connectivity index (χ4n) is 2.17. The van der Waals surface area contributed by atoms with E-state index in [9.17, 15) is 4.79 Å². The first-order chi connectivity index (χ1) is 9.77. The number of likely N-dealkylation sites (N-methyl/N-ethyl adjacent to an activating group) is 1. The van der Waals surface area contributed by atoms with Crippen LogP contribution in [0.5, 0.6) is 0 Å². The van der Waals surface area contributed by atoms with E-state index in [0.717, 1.165) is 11.4 Å². The van der Waals surface area contributed by atoms with Gasteiger partial charge < -0.3 is 4.90 Å². The van der Waals surface area contributed by atoms with Crippen molar-refractivity contribution in [1.82, 2.24) is 0 Å². The summed E-state index contributed by atoms with van der Waals surface area (Å²) in [5.74, 6) is -0.0184. The quantitative estimate of drug-likeness (QED) is 0.608. The molecule has 20 heavy (non-hydrogen) atoms. The molecule has 1 aliphatic rings. The molecule has 1 aliphatic heterocycles. The fraction of sp³-hybridized carbons (Fsp3) is 0.0625. The lowest BCUT2D eigenvalue weighted by Crippen LogP contribution is -2.13. The lowest BCUT2D eigenvalue weighted by Gasteiger charge is -2.11. The van der Waals surface area contributed by atoms with Crippen molar-refractivity contribution in [3.63, 3.8) is 0 Å². The van der Waals surface area contributed by atoms with E-state index in [-0.39, 0.29) is 5.78 Å². The van der Waals surface area contributed by atoms with Gasteiger partial charge in [0.2, 0.25) is 5.78 Å². The van der Waals surface area contributed by atoms with Gasteiger partial charge in [-0.3, -0.25) is 4.79 Å². The van der Waals surface area contributed by atoms with Gasteiger partial charge in [-0.15, -0.1) is 0 Å². The normalized spacial score (nSPS) is 16.1. The average Bonchev–Trinajstić information content (AvgIpc) is 2.74.